The van der Waals surface area contributed by atoms with Crippen molar-refractivity contribution in [3.05, 3.63) is 28.1 Å². The summed E-state index contributed by atoms with van der Waals surface area (Å²) in [7, 11) is 0. The lowest BCUT2D eigenvalue weighted by Crippen LogP contribution is -2.18. The number of thiazole rings is 1. The topological polar surface area (TPSA) is 34.4 Å². The third-order valence-corrected chi connectivity index (χ3v) is 5.41. The zero-order valence-electron chi connectivity index (χ0n) is 13.8. The molecule has 0 aliphatic heterocycles. The van der Waals surface area contributed by atoms with Crippen LogP contribution >= 0.6 is 23.1 Å². The highest BCUT2D eigenvalue weighted by atomic mass is 32.2. The van der Waals surface area contributed by atoms with Gasteiger partial charge in [0.25, 0.3) is 0 Å². The fraction of sp³-hybridized carbons (Fsp3) is 0.529. The predicted octanol–water partition coefficient (Wildman–Crippen LogP) is 4.30. The molecule has 0 radical (unpaired) electrons. The second kappa shape index (κ2) is 7.97. The molecule has 0 aliphatic rings. The second-order valence-corrected chi connectivity index (χ2v) is 7.54. The molecule has 3 nitrogen and oxygen atoms in total. The summed E-state index contributed by atoms with van der Waals surface area (Å²) in [5.74, 6) is 1.02. The van der Waals surface area contributed by atoms with Gasteiger partial charge in [0.1, 0.15) is 0 Å². The van der Waals surface area contributed by atoms with Crippen molar-refractivity contribution in [2.45, 2.75) is 46.6 Å². The molecule has 2 rings (SSSR count). The van der Waals surface area contributed by atoms with Crippen molar-refractivity contribution < 1.29 is 4.79 Å². The fourth-order valence-corrected chi connectivity index (χ4v) is 3.81. The summed E-state index contributed by atoms with van der Waals surface area (Å²) in [6.07, 6.45) is 4.59. The second-order valence-electron chi connectivity index (χ2n) is 5.54. The quantitative estimate of drug-likeness (QED) is 0.788. The summed E-state index contributed by atoms with van der Waals surface area (Å²) in [4.78, 5) is 17.3. The molecule has 0 saturated carbocycles. The van der Waals surface area contributed by atoms with Gasteiger partial charge in [-0.3, -0.25) is 4.79 Å². The van der Waals surface area contributed by atoms with Gasteiger partial charge in [-0.1, -0.05) is 24.7 Å². The van der Waals surface area contributed by atoms with Crippen LogP contribution in [0.2, 0.25) is 0 Å². The van der Waals surface area contributed by atoms with Crippen molar-refractivity contribution in [2.24, 2.45) is 4.99 Å². The number of aromatic nitrogens is 1. The number of thioether (sulfide) groups is 1. The zero-order valence-corrected chi connectivity index (χ0v) is 15.4. The van der Waals surface area contributed by atoms with Crippen molar-refractivity contribution in [1.82, 2.24) is 4.57 Å². The summed E-state index contributed by atoms with van der Waals surface area (Å²) in [6.45, 7) is 7.25. The smallest absolute Gasteiger partial charge is 0.248 e. The Hall–Kier alpha value is -1.07. The van der Waals surface area contributed by atoms with Crippen molar-refractivity contribution in [1.29, 1.82) is 0 Å². The normalized spacial score (nSPS) is 12.3. The number of nitrogens with zero attached hydrogens (tertiary/aromatic N) is 2. The lowest BCUT2D eigenvalue weighted by atomic mass is 10.1. The van der Waals surface area contributed by atoms with E-state index in [1.807, 2.05) is 11.8 Å². The molecule has 5 heteroatoms. The molecule has 0 unspecified atom stereocenters. The van der Waals surface area contributed by atoms with Crippen LogP contribution in [0.5, 0.6) is 0 Å². The maximum atomic E-state index is 12.0. The molecular weight excluding hydrogens is 312 g/mol. The van der Waals surface area contributed by atoms with Gasteiger partial charge < -0.3 is 4.57 Å². The van der Waals surface area contributed by atoms with E-state index < -0.39 is 0 Å². The number of amides is 1. The van der Waals surface area contributed by atoms with Crippen LogP contribution in [-0.2, 0) is 11.3 Å². The van der Waals surface area contributed by atoms with Gasteiger partial charge in [0.15, 0.2) is 4.80 Å². The monoisotopic (exact) mass is 336 g/mol. The number of rotatable bonds is 6. The summed E-state index contributed by atoms with van der Waals surface area (Å²) in [5, 5.41) is 0. The van der Waals surface area contributed by atoms with E-state index in [0.717, 1.165) is 29.9 Å². The van der Waals surface area contributed by atoms with E-state index in [9.17, 15) is 4.79 Å². The minimum absolute atomic E-state index is 0.000230. The van der Waals surface area contributed by atoms with E-state index in [1.165, 1.54) is 21.3 Å². The number of carbonyl (C=O) groups excluding carboxylic acids is 1. The Bertz CT molecular complexity index is 728. The molecule has 1 aromatic carbocycles. The standard InChI is InChI=1S/C17H24N2OS2/c1-5-6-7-16(20)18-17-19(8-9-21-4)14-10-12(2)13(3)11-15(14)22-17/h10-11H,5-9H2,1-4H3. The largest absolute Gasteiger partial charge is 0.316 e. The number of fused-ring (bicyclic) bond motifs is 1. The highest BCUT2D eigenvalue weighted by molar-refractivity contribution is 7.98. The number of benzene rings is 1. The summed E-state index contributed by atoms with van der Waals surface area (Å²) < 4.78 is 3.42. The SMILES string of the molecule is CCCCC(=O)N=c1sc2cc(C)c(C)cc2n1CCSC. The molecule has 1 amide bonds. The summed E-state index contributed by atoms with van der Waals surface area (Å²) in [5.41, 5.74) is 3.77. The number of hydrogen-bond donors (Lipinski definition) is 0. The fourth-order valence-electron chi connectivity index (χ4n) is 2.30. The van der Waals surface area contributed by atoms with Gasteiger partial charge in [-0.05, 0) is 49.8 Å². The molecule has 0 atom stereocenters. The first-order valence-corrected chi connectivity index (χ1v) is 9.95. The number of hydrogen-bond acceptors (Lipinski definition) is 3. The van der Waals surface area contributed by atoms with Crippen LogP contribution in [0.1, 0.15) is 37.3 Å². The Labute approximate surface area is 140 Å². The first-order chi connectivity index (χ1) is 10.6. The van der Waals surface area contributed by atoms with Gasteiger partial charge in [0.2, 0.25) is 5.91 Å². The zero-order chi connectivity index (χ0) is 16.1. The first kappa shape index (κ1) is 17.3. The highest BCUT2D eigenvalue weighted by Gasteiger charge is 2.09. The van der Waals surface area contributed by atoms with Crippen molar-refractivity contribution in [2.75, 3.05) is 12.0 Å². The van der Waals surface area contributed by atoms with Crippen LogP contribution in [0, 0.1) is 13.8 Å². The summed E-state index contributed by atoms with van der Waals surface area (Å²) >= 11 is 3.44. The van der Waals surface area contributed by atoms with Crippen LogP contribution in [0.4, 0.5) is 0 Å². The molecule has 0 spiro atoms. The van der Waals surface area contributed by atoms with Gasteiger partial charge in [-0.15, -0.1) is 0 Å². The molecule has 2 aromatic rings. The van der Waals surface area contributed by atoms with Gasteiger partial charge in [-0.25, -0.2) is 0 Å². The lowest BCUT2D eigenvalue weighted by Gasteiger charge is -2.05. The van der Waals surface area contributed by atoms with Crippen molar-refractivity contribution in [3.63, 3.8) is 0 Å². The molecule has 0 saturated heterocycles. The van der Waals surface area contributed by atoms with Crippen molar-refractivity contribution >= 4 is 39.2 Å². The molecule has 120 valence electrons. The van der Waals surface area contributed by atoms with Gasteiger partial charge in [-0.2, -0.15) is 16.8 Å². The molecule has 0 bridgehead atoms. The van der Waals surface area contributed by atoms with E-state index in [4.69, 9.17) is 0 Å². The molecule has 22 heavy (non-hydrogen) atoms. The maximum absolute atomic E-state index is 12.0. The van der Waals surface area contributed by atoms with Crippen LogP contribution in [0.15, 0.2) is 17.1 Å². The van der Waals surface area contributed by atoms with Crippen molar-refractivity contribution in [3.8, 4) is 0 Å². The Balaban J connectivity index is 2.51. The number of aryl methyl sites for hydroxylation is 3. The Kier molecular flexibility index (Phi) is 6.26. The average molecular weight is 337 g/mol. The van der Waals surface area contributed by atoms with Gasteiger partial charge in [0, 0.05) is 18.7 Å². The number of unbranched alkanes of at least 4 members (excludes halogenated alkanes) is 1. The third kappa shape index (κ3) is 4.02. The minimum atomic E-state index is -0.000230. The van der Waals surface area contributed by atoms with Crippen LogP contribution < -0.4 is 4.80 Å². The maximum Gasteiger partial charge on any atom is 0.248 e. The van der Waals surface area contributed by atoms with E-state index >= 15 is 0 Å². The third-order valence-electron chi connectivity index (χ3n) is 3.78. The first-order valence-electron chi connectivity index (χ1n) is 7.74. The Morgan fingerprint density at radius 3 is 2.73 bits per heavy atom. The van der Waals surface area contributed by atoms with Crippen LogP contribution in [-0.4, -0.2) is 22.5 Å². The highest BCUT2D eigenvalue weighted by Crippen LogP contribution is 2.22. The van der Waals surface area contributed by atoms with E-state index in [1.54, 1.807) is 11.3 Å². The molecule has 1 heterocycles. The average Bonchev–Trinajstić information content (AvgIpc) is 2.80. The predicted molar refractivity (Wildman–Crippen MR) is 97.8 cm³/mol. The molecule has 0 aliphatic carbocycles. The number of carbonyl (C=O) groups is 1. The van der Waals surface area contributed by atoms with Crippen LogP contribution in [0.25, 0.3) is 10.2 Å². The molecule has 0 N–H and O–H groups in total. The van der Waals surface area contributed by atoms with Gasteiger partial charge >= 0.3 is 0 Å². The Morgan fingerprint density at radius 1 is 1.32 bits per heavy atom. The van der Waals surface area contributed by atoms with Crippen LogP contribution in [0.3, 0.4) is 0 Å². The minimum Gasteiger partial charge on any atom is -0.316 e. The van der Waals surface area contributed by atoms with E-state index in [2.05, 4.69) is 48.7 Å². The Morgan fingerprint density at radius 2 is 2.05 bits per heavy atom. The van der Waals surface area contributed by atoms with E-state index in [0.29, 0.717) is 6.42 Å². The molecular formula is C17H24N2OS2. The van der Waals surface area contributed by atoms with E-state index in [-0.39, 0.29) is 5.91 Å². The molecule has 0 fully saturated rings. The lowest BCUT2D eigenvalue weighted by molar-refractivity contribution is -0.118. The summed E-state index contributed by atoms with van der Waals surface area (Å²) in [6, 6.07) is 4.43. The van der Waals surface area contributed by atoms with Gasteiger partial charge in [0.05, 0.1) is 10.2 Å². The molecule has 1 aromatic heterocycles.